The van der Waals surface area contributed by atoms with Gasteiger partial charge in [0.15, 0.2) is 0 Å². The van der Waals surface area contributed by atoms with Gasteiger partial charge in [-0.15, -0.1) is 0 Å². The lowest BCUT2D eigenvalue weighted by Gasteiger charge is -2.18. The molecule has 0 saturated heterocycles. The summed E-state index contributed by atoms with van der Waals surface area (Å²) in [6, 6.07) is 18.4. The van der Waals surface area contributed by atoms with E-state index in [1.807, 2.05) is 37.3 Å². The van der Waals surface area contributed by atoms with Crippen molar-refractivity contribution in [2.75, 3.05) is 6.61 Å². The fourth-order valence-electron chi connectivity index (χ4n) is 2.75. The minimum Gasteiger partial charge on any atom is -0.462 e. The first-order valence-electron chi connectivity index (χ1n) is 7.93. The molecule has 0 unspecified atom stereocenters. The van der Waals surface area contributed by atoms with E-state index in [2.05, 4.69) is 38.1 Å². The van der Waals surface area contributed by atoms with Crippen LogP contribution in [0.5, 0.6) is 0 Å². The molecule has 2 atom stereocenters. The second-order valence-electron chi connectivity index (χ2n) is 5.79. The summed E-state index contributed by atoms with van der Waals surface area (Å²) in [5.74, 6) is 0.715. The molecule has 2 heteroatoms. The molecule has 0 aliphatic heterocycles. The zero-order chi connectivity index (χ0) is 15.9. The topological polar surface area (TPSA) is 26.3 Å². The van der Waals surface area contributed by atoms with E-state index in [0.29, 0.717) is 24.0 Å². The van der Waals surface area contributed by atoms with Crippen molar-refractivity contribution < 1.29 is 9.53 Å². The van der Waals surface area contributed by atoms with Crippen LogP contribution in [-0.2, 0) is 4.74 Å². The van der Waals surface area contributed by atoms with Crippen LogP contribution in [0.3, 0.4) is 0 Å². The number of carbonyl (C=O) groups is 1. The molecule has 0 aliphatic carbocycles. The van der Waals surface area contributed by atoms with Gasteiger partial charge in [0.1, 0.15) is 0 Å². The molecule has 0 heterocycles. The second-order valence-corrected chi connectivity index (χ2v) is 5.79. The Kier molecular flexibility index (Phi) is 5.76. The van der Waals surface area contributed by atoms with Gasteiger partial charge < -0.3 is 4.74 Å². The van der Waals surface area contributed by atoms with E-state index in [-0.39, 0.29) is 5.97 Å². The maximum atomic E-state index is 11.7. The molecule has 0 spiro atoms. The van der Waals surface area contributed by atoms with Crippen LogP contribution in [0.1, 0.15) is 60.5 Å². The largest absolute Gasteiger partial charge is 0.462 e. The maximum Gasteiger partial charge on any atom is 0.338 e. The lowest BCUT2D eigenvalue weighted by atomic mass is 9.87. The molecule has 0 aliphatic rings. The molecule has 0 amide bonds. The first-order chi connectivity index (χ1) is 10.6. The van der Waals surface area contributed by atoms with Gasteiger partial charge in [-0.2, -0.15) is 0 Å². The van der Waals surface area contributed by atoms with Crippen LogP contribution in [0.25, 0.3) is 0 Å². The van der Waals surface area contributed by atoms with E-state index in [1.54, 1.807) is 0 Å². The van der Waals surface area contributed by atoms with Gasteiger partial charge in [-0.1, -0.05) is 56.3 Å². The number of benzene rings is 2. The lowest BCUT2D eigenvalue weighted by molar-refractivity contribution is 0.0526. The van der Waals surface area contributed by atoms with Crippen molar-refractivity contribution in [2.24, 2.45) is 0 Å². The molecule has 22 heavy (non-hydrogen) atoms. The number of hydrogen-bond donors (Lipinski definition) is 0. The Morgan fingerprint density at radius 1 is 0.909 bits per heavy atom. The number of ether oxygens (including phenoxy) is 1. The molecular formula is C20H24O2. The minimum atomic E-state index is -0.251. The minimum absolute atomic E-state index is 0.251. The highest BCUT2D eigenvalue weighted by Gasteiger charge is 2.13. The van der Waals surface area contributed by atoms with E-state index >= 15 is 0 Å². The van der Waals surface area contributed by atoms with Crippen LogP contribution in [-0.4, -0.2) is 12.6 Å². The molecule has 0 N–H and O–H groups in total. The van der Waals surface area contributed by atoms with Crippen molar-refractivity contribution in [1.82, 2.24) is 0 Å². The Hall–Kier alpha value is -2.09. The zero-order valence-corrected chi connectivity index (χ0v) is 13.6. The third-order valence-electron chi connectivity index (χ3n) is 4.07. The Morgan fingerprint density at radius 2 is 1.45 bits per heavy atom. The van der Waals surface area contributed by atoms with Crippen molar-refractivity contribution in [3.63, 3.8) is 0 Å². The van der Waals surface area contributed by atoms with Gasteiger partial charge in [0, 0.05) is 0 Å². The number of carbonyl (C=O) groups excluding carboxylic acids is 1. The van der Waals surface area contributed by atoms with Crippen LogP contribution in [0.15, 0.2) is 54.6 Å². The molecule has 2 aromatic carbocycles. The van der Waals surface area contributed by atoms with Crippen LogP contribution >= 0.6 is 0 Å². The molecule has 0 saturated carbocycles. The normalized spacial score (nSPS) is 13.4. The molecule has 2 rings (SSSR count). The smallest absolute Gasteiger partial charge is 0.338 e. The Labute approximate surface area is 133 Å². The summed E-state index contributed by atoms with van der Waals surface area (Å²) in [4.78, 5) is 11.7. The summed E-state index contributed by atoms with van der Waals surface area (Å²) in [6.07, 6.45) is 1.09. The molecule has 116 valence electrons. The van der Waals surface area contributed by atoms with Gasteiger partial charge in [0.25, 0.3) is 0 Å². The fourth-order valence-corrected chi connectivity index (χ4v) is 2.75. The quantitative estimate of drug-likeness (QED) is 0.688. The highest BCUT2D eigenvalue weighted by molar-refractivity contribution is 5.89. The monoisotopic (exact) mass is 296 g/mol. The van der Waals surface area contributed by atoms with Crippen LogP contribution in [0.2, 0.25) is 0 Å². The van der Waals surface area contributed by atoms with Crippen LogP contribution in [0, 0.1) is 0 Å². The zero-order valence-electron chi connectivity index (χ0n) is 13.6. The Morgan fingerprint density at radius 3 is 2.00 bits per heavy atom. The highest BCUT2D eigenvalue weighted by atomic mass is 16.5. The van der Waals surface area contributed by atoms with E-state index in [0.717, 1.165) is 6.42 Å². The summed E-state index contributed by atoms with van der Waals surface area (Å²) in [6.45, 7) is 6.72. The van der Waals surface area contributed by atoms with Gasteiger partial charge in [-0.3, -0.25) is 0 Å². The van der Waals surface area contributed by atoms with E-state index in [9.17, 15) is 4.79 Å². The van der Waals surface area contributed by atoms with Gasteiger partial charge in [-0.25, -0.2) is 4.79 Å². The lowest BCUT2D eigenvalue weighted by Crippen LogP contribution is -2.05. The third-order valence-corrected chi connectivity index (χ3v) is 4.07. The van der Waals surface area contributed by atoms with Gasteiger partial charge in [0.05, 0.1) is 12.2 Å². The SMILES string of the molecule is CCOC(=O)c1ccc([C@H](C)C[C@H](C)c2ccccc2)cc1. The summed E-state index contributed by atoms with van der Waals surface area (Å²) in [5.41, 5.74) is 3.25. The fraction of sp³-hybridized carbons (Fsp3) is 0.350. The predicted molar refractivity (Wildman–Crippen MR) is 90.3 cm³/mol. The van der Waals surface area contributed by atoms with Crippen molar-refractivity contribution in [1.29, 1.82) is 0 Å². The van der Waals surface area contributed by atoms with E-state index in [1.165, 1.54) is 11.1 Å². The summed E-state index contributed by atoms with van der Waals surface area (Å²) in [5, 5.41) is 0. The molecular weight excluding hydrogens is 272 g/mol. The molecule has 2 aromatic rings. The average molecular weight is 296 g/mol. The van der Waals surface area contributed by atoms with E-state index in [4.69, 9.17) is 4.74 Å². The van der Waals surface area contributed by atoms with Crippen LogP contribution in [0.4, 0.5) is 0 Å². The van der Waals surface area contributed by atoms with Gasteiger partial charge in [-0.05, 0) is 48.4 Å². The summed E-state index contributed by atoms with van der Waals surface area (Å²) < 4.78 is 5.01. The predicted octanol–water partition coefficient (Wildman–Crippen LogP) is 5.16. The molecule has 0 aromatic heterocycles. The first-order valence-corrected chi connectivity index (χ1v) is 7.93. The van der Waals surface area contributed by atoms with Crippen molar-refractivity contribution >= 4 is 5.97 Å². The first kappa shape index (κ1) is 16.3. The van der Waals surface area contributed by atoms with Crippen LogP contribution < -0.4 is 0 Å². The molecule has 2 nitrogen and oxygen atoms in total. The summed E-state index contributed by atoms with van der Waals surface area (Å²) in [7, 11) is 0. The highest BCUT2D eigenvalue weighted by Crippen LogP contribution is 2.29. The van der Waals surface area contributed by atoms with Crippen molar-refractivity contribution in [3.05, 3.63) is 71.3 Å². The molecule has 0 bridgehead atoms. The number of rotatable bonds is 6. The second kappa shape index (κ2) is 7.79. The molecule has 0 radical (unpaired) electrons. The number of hydrogen-bond acceptors (Lipinski definition) is 2. The number of esters is 1. The maximum absolute atomic E-state index is 11.7. The Balaban J connectivity index is 2.00. The van der Waals surface area contributed by atoms with Gasteiger partial charge >= 0.3 is 5.97 Å². The third kappa shape index (κ3) is 4.20. The van der Waals surface area contributed by atoms with Gasteiger partial charge in [0.2, 0.25) is 0 Å². The average Bonchev–Trinajstić information content (AvgIpc) is 2.56. The van der Waals surface area contributed by atoms with Crippen molar-refractivity contribution in [2.45, 2.75) is 39.0 Å². The standard InChI is InChI=1S/C20H24O2/c1-4-22-20(21)19-12-10-18(11-13-19)16(3)14-15(2)17-8-6-5-7-9-17/h5-13,15-16H,4,14H2,1-3H3/t15-,16+/m0/s1. The van der Waals surface area contributed by atoms with Crippen molar-refractivity contribution in [3.8, 4) is 0 Å². The Bertz CT molecular complexity index is 587. The van der Waals surface area contributed by atoms with E-state index < -0.39 is 0 Å². The summed E-state index contributed by atoms with van der Waals surface area (Å²) >= 11 is 0. The molecule has 0 fully saturated rings.